The Bertz CT molecular complexity index is 4380. The molecule has 0 saturated carbocycles. The first kappa shape index (κ1) is 81.3. The Morgan fingerprint density at radius 3 is 0.598 bits per heavy atom. The van der Waals surface area contributed by atoms with E-state index in [1.165, 1.54) is 55.6 Å². The molecule has 12 rings (SSSR count). The molecule has 0 saturated heterocycles. The fraction of sp³-hybridized carbons (Fsp3) is 0.301. The molecule has 0 aliphatic carbocycles. The molecule has 0 bridgehead atoms. The van der Waals surface area contributed by atoms with E-state index in [1.54, 1.807) is 0 Å². The summed E-state index contributed by atoms with van der Waals surface area (Å²) in [5.74, 6) is 2.39. The number of nitrogens with zero attached hydrogens (tertiary/aromatic N) is 1. The van der Waals surface area contributed by atoms with Gasteiger partial charge in [-0.3, -0.25) is 4.90 Å². The lowest BCUT2D eigenvalue weighted by molar-refractivity contribution is -0.0143. The Balaban J connectivity index is 0.792. The smallest absolute Gasteiger partial charge is 0.127 e. The van der Waals surface area contributed by atoms with E-state index in [1.807, 2.05) is 24.3 Å². The largest absolute Gasteiger partial charge is 0.490 e. The highest BCUT2D eigenvalue weighted by molar-refractivity contribution is 5.58. The molecular weight excluding hydrogens is 1380 g/mol. The number of aliphatic hydroxyl groups excluding tert-OH is 3. The van der Waals surface area contributed by atoms with Crippen molar-refractivity contribution in [1.29, 1.82) is 0 Å². The van der Waals surface area contributed by atoms with Crippen LogP contribution in [0.25, 0.3) is 0 Å². The van der Waals surface area contributed by atoms with Gasteiger partial charge in [0.2, 0.25) is 0 Å². The summed E-state index contributed by atoms with van der Waals surface area (Å²) in [5, 5.41) is 36.5. The zero-order valence-corrected chi connectivity index (χ0v) is 66.8. The van der Waals surface area contributed by atoms with Gasteiger partial charge in [0.05, 0.1) is 26.4 Å². The Kier molecular flexibility index (Phi) is 29.3. The minimum absolute atomic E-state index is 0.00232. The lowest BCUT2D eigenvalue weighted by Crippen LogP contribution is -2.40. The van der Waals surface area contributed by atoms with Crippen LogP contribution in [-0.2, 0) is 9.47 Å². The molecule has 0 aliphatic rings. The highest BCUT2D eigenvalue weighted by Gasteiger charge is 2.30. The third-order valence-electron chi connectivity index (χ3n) is 23.0. The van der Waals surface area contributed by atoms with Gasteiger partial charge in [-0.2, -0.15) is 0 Å². The number of hydrogen-bond acceptors (Lipinski definition) is 9. The third-order valence-corrected chi connectivity index (χ3v) is 23.0. The van der Waals surface area contributed by atoms with Crippen LogP contribution in [0.2, 0.25) is 0 Å². The summed E-state index contributed by atoms with van der Waals surface area (Å²) in [6.07, 6.45) is -2.91. The molecule has 0 fully saturated rings. The van der Waals surface area contributed by atoms with Crippen LogP contribution in [0.15, 0.2) is 309 Å². The minimum atomic E-state index is -0.977. The van der Waals surface area contributed by atoms with E-state index in [9.17, 15) is 15.3 Å². The van der Waals surface area contributed by atoms with Gasteiger partial charge in [-0.25, -0.2) is 0 Å². The summed E-state index contributed by atoms with van der Waals surface area (Å²) in [5.41, 5.74) is 20.6. The molecule has 3 N–H and O–H groups in total. The van der Waals surface area contributed by atoms with Crippen molar-refractivity contribution in [3.63, 3.8) is 0 Å². The second-order valence-electron chi connectivity index (χ2n) is 30.6. The van der Waals surface area contributed by atoms with Gasteiger partial charge in [-0.1, -0.05) is 372 Å². The SMILES string of the molecule is CC(c1ccccc1)c1cc(C(C)c2ccccc2)c(OCC(O)COCCN(CCOCC(O)COc2c(C(C)c3ccccc3)cc(C(C)c3ccccc3)cc2C(C)c2ccccc2)CC(O)COc2c(C(C)c3ccccc3)cc(C(C)c3ccccc3)cc2C(C)c2ccccc2)c(C(C)c2ccccc2)c1. The predicted octanol–water partition coefficient (Wildman–Crippen LogP) is 22.0. The van der Waals surface area contributed by atoms with E-state index in [0.29, 0.717) is 13.1 Å². The Morgan fingerprint density at radius 1 is 0.223 bits per heavy atom. The number of aliphatic hydroxyl groups is 3. The molecule has 12 aromatic rings. The zero-order valence-electron chi connectivity index (χ0n) is 66.8. The summed E-state index contributed by atoms with van der Waals surface area (Å²) >= 11 is 0. The van der Waals surface area contributed by atoms with E-state index in [0.717, 1.165) is 61.8 Å². The van der Waals surface area contributed by atoms with Gasteiger partial charge in [0.1, 0.15) is 55.4 Å². The maximum atomic E-state index is 12.5. The number of rotatable bonds is 39. The van der Waals surface area contributed by atoms with Gasteiger partial charge >= 0.3 is 0 Å². The molecular formula is C103H113NO8. The normalized spacial score (nSPS) is 14.9. The molecule has 0 aliphatic heterocycles. The van der Waals surface area contributed by atoms with E-state index < -0.39 is 18.3 Å². The van der Waals surface area contributed by atoms with Gasteiger partial charge in [0, 0.05) is 106 Å². The van der Waals surface area contributed by atoms with Crippen LogP contribution >= 0.6 is 0 Å². The molecule has 0 heterocycles. The zero-order chi connectivity index (χ0) is 78.3. The van der Waals surface area contributed by atoms with Crippen molar-refractivity contribution in [3.8, 4) is 17.2 Å². The quantitative estimate of drug-likeness (QED) is 0.0325. The Labute approximate surface area is 666 Å². The summed E-state index contributed by atoms with van der Waals surface area (Å²) in [6.45, 7) is 21.7. The fourth-order valence-electron chi connectivity index (χ4n) is 15.7. The summed E-state index contributed by atoms with van der Waals surface area (Å²) in [6, 6.07) is 109. The molecule has 9 nitrogen and oxygen atoms in total. The molecule has 12 aromatic carbocycles. The van der Waals surface area contributed by atoms with Crippen molar-refractivity contribution in [3.05, 3.63) is 410 Å². The highest BCUT2D eigenvalue weighted by Crippen LogP contribution is 2.47. The standard InChI is InChI=1S/C103H113NO8/c1-71(80-37-19-10-20-38-80)89-59-95(74(4)83-43-25-13-26-44-83)101(96(60-89)75(5)84-45-27-14-28-46-84)110-68-92(105)65-104(55-57-108-66-93(106)69-111-102-97(76(6)85-47-29-15-30-48-85)61-90(72(2)81-39-21-11-22-40-81)62-98(102)77(7)86-49-31-16-32-50-86)56-58-109-67-94(107)70-112-103-99(78(8)87-51-33-17-34-52-87)63-91(73(3)82-41-23-12-24-42-82)64-100(103)79(9)88-53-35-18-36-54-88/h10-54,59-64,71-79,92-94,105-107H,55-58,65-70H2,1-9H3. The van der Waals surface area contributed by atoms with Crippen molar-refractivity contribution in [1.82, 2.24) is 4.90 Å². The molecule has 12 atom stereocenters. The van der Waals surface area contributed by atoms with Crippen LogP contribution in [0.4, 0.5) is 0 Å². The number of hydrogen-bond donors (Lipinski definition) is 3. The molecule has 0 spiro atoms. The van der Waals surface area contributed by atoms with E-state index in [4.69, 9.17) is 23.7 Å². The molecule has 12 unspecified atom stereocenters. The first-order valence-electron chi connectivity index (χ1n) is 40.4. The molecule has 9 heteroatoms. The van der Waals surface area contributed by atoms with E-state index in [-0.39, 0.29) is 106 Å². The molecule has 0 radical (unpaired) electrons. The molecule has 0 amide bonds. The Hall–Kier alpha value is -10.2. The second-order valence-corrected chi connectivity index (χ2v) is 30.6. The second kappa shape index (κ2) is 40.3. The summed E-state index contributed by atoms with van der Waals surface area (Å²) < 4.78 is 34.0. The van der Waals surface area contributed by atoms with Crippen molar-refractivity contribution in [2.45, 2.75) is 134 Å². The van der Waals surface area contributed by atoms with Gasteiger partial charge in [0.25, 0.3) is 0 Å². The maximum absolute atomic E-state index is 12.5. The Morgan fingerprint density at radius 2 is 0.402 bits per heavy atom. The highest BCUT2D eigenvalue weighted by atomic mass is 16.5. The first-order chi connectivity index (χ1) is 54.6. The number of benzene rings is 12. The summed E-state index contributed by atoms with van der Waals surface area (Å²) in [4.78, 5) is 2.12. The van der Waals surface area contributed by atoms with Crippen LogP contribution < -0.4 is 14.2 Å². The average molecular weight is 1490 g/mol. The van der Waals surface area contributed by atoms with Crippen molar-refractivity contribution in [2.24, 2.45) is 0 Å². The van der Waals surface area contributed by atoms with Gasteiger partial charge in [-0.05, 0) is 66.8 Å². The van der Waals surface area contributed by atoms with Crippen LogP contribution in [0.1, 0.15) is 216 Å². The average Bonchev–Trinajstić information content (AvgIpc) is 0.785. The third kappa shape index (κ3) is 21.1. The van der Waals surface area contributed by atoms with Gasteiger partial charge in [-0.15, -0.1) is 0 Å². The van der Waals surface area contributed by atoms with Crippen molar-refractivity contribution < 1.29 is 39.0 Å². The molecule has 578 valence electrons. The lowest BCUT2D eigenvalue weighted by Gasteiger charge is -2.29. The van der Waals surface area contributed by atoms with Gasteiger partial charge in [0.15, 0.2) is 0 Å². The molecule has 0 aromatic heterocycles. The van der Waals surface area contributed by atoms with E-state index >= 15 is 0 Å². The molecule has 112 heavy (non-hydrogen) atoms. The van der Waals surface area contributed by atoms with Crippen LogP contribution in [0.3, 0.4) is 0 Å². The lowest BCUT2D eigenvalue weighted by atomic mass is 9.81. The van der Waals surface area contributed by atoms with Gasteiger partial charge < -0.3 is 39.0 Å². The number of ether oxygens (including phenoxy) is 5. The van der Waals surface area contributed by atoms with Crippen molar-refractivity contribution >= 4 is 0 Å². The first-order valence-corrected chi connectivity index (χ1v) is 40.4. The van der Waals surface area contributed by atoms with Crippen LogP contribution in [-0.4, -0.2) is 104 Å². The fourth-order valence-corrected chi connectivity index (χ4v) is 15.7. The predicted molar refractivity (Wildman–Crippen MR) is 458 cm³/mol. The van der Waals surface area contributed by atoms with Crippen LogP contribution in [0, 0.1) is 0 Å². The minimum Gasteiger partial charge on any atom is -0.490 e. The van der Waals surface area contributed by atoms with Crippen molar-refractivity contribution in [2.75, 3.05) is 65.9 Å². The maximum Gasteiger partial charge on any atom is 0.127 e. The monoisotopic (exact) mass is 1490 g/mol. The van der Waals surface area contributed by atoms with E-state index in [2.05, 4.69) is 352 Å². The van der Waals surface area contributed by atoms with Crippen LogP contribution in [0.5, 0.6) is 17.2 Å². The summed E-state index contributed by atoms with van der Waals surface area (Å²) in [7, 11) is 0. The topological polar surface area (TPSA) is 110 Å².